The molecule has 0 radical (unpaired) electrons. The van der Waals surface area contributed by atoms with Crippen LogP contribution in [-0.2, 0) is 22.7 Å². The highest BCUT2D eigenvalue weighted by Gasteiger charge is 2.25. The lowest BCUT2D eigenvalue weighted by molar-refractivity contribution is 0.102. The van der Waals surface area contributed by atoms with Crippen LogP contribution in [0.5, 0.6) is 0 Å². The Balaban J connectivity index is 1.57. The predicted molar refractivity (Wildman–Crippen MR) is 124 cm³/mol. The van der Waals surface area contributed by atoms with Crippen molar-refractivity contribution in [2.75, 3.05) is 11.6 Å². The number of para-hydroxylation sites is 2. The number of carbonyl (C=O) groups excluding carboxylic acids is 1. The van der Waals surface area contributed by atoms with E-state index >= 15 is 0 Å². The number of aromatic amines is 1. The standard InChI is InChI=1S/C23H21N3O3S2/c1-31(28,29)15-8-6-7-14(13-15)22(27)26-23-20(16-9-2-5-12-19(16)30-23)21-24-17-10-3-4-11-18(17)25-21/h3-4,6-8,10-11,13H,2,5,9,12H2,1H3,(H,24,25)(H,26,27). The maximum Gasteiger partial charge on any atom is 0.256 e. The second kappa shape index (κ2) is 7.62. The lowest BCUT2D eigenvalue weighted by Crippen LogP contribution is -2.12. The lowest BCUT2D eigenvalue weighted by atomic mass is 9.95. The Labute approximate surface area is 184 Å². The van der Waals surface area contributed by atoms with Gasteiger partial charge in [0.2, 0.25) is 0 Å². The van der Waals surface area contributed by atoms with Gasteiger partial charge in [0.15, 0.2) is 9.84 Å². The van der Waals surface area contributed by atoms with Crippen molar-refractivity contribution >= 4 is 43.1 Å². The summed E-state index contributed by atoms with van der Waals surface area (Å²) in [6, 6.07) is 14.0. The molecular formula is C23H21N3O3S2. The van der Waals surface area contributed by atoms with Crippen LogP contribution in [0.25, 0.3) is 22.4 Å². The Morgan fingerprint density at radius 1 is 1.10 bits per heavy atom. The summed E-state index contributed by atoms with van der Waals surface area (Å²) in [5, 5.41) is 3.78. The first-order valence-corrected chi connectivity index (χ1v) is 12.8. The molecule has 0 bridgehead atoms. The second-order valence-corrected chi connectivity index (χ2v) is 10.9. The normalized spacial score (nSPS) is 13.8. The van der Waals surface area contributed by atoms with Crippen LogP contribution in [-0.4, -0.2) is 30.5 Å². The molecule has 0 fully saturated rings. The van der Waals surface area contributed by atoms with Crippen molar-refractivity contribution in [1.29, 1.82) is 0 Å². The molecule has 4 aromatic rings. The Hall–Kier alpha value is -2.97. The van der Waals surface area contributed by atoms with E-state index in [0.29, 0.717) is 5.56 Å². The average Bonchev–Trinajstić information content (AvgIpc) is 3.33. The first-order valence-electron chi connectivity index (χ1n) is 10.1. The van der Waals surface area contributed by atoms with Gasteiger partial charge in [0.25, 0.3) is 5.91 Å². The monoisotopic (exact) mass is 451 g/mol. The molecule has 0 atom stereocenters. The molecule has 1 amide bonds. The number of H-pyrrole nitrogens is 1. The van der Waals surface area contributed by atoms with Crippen LogP contribution in [0.2, 0.25) is 0 Å². The predicted octanol–water partition coefficient (Wildman–Crippen LogP) is 4.83. The molecule has 2 aromatic heterocycles. The summed E-state index contributed by atoms with van der Waals surface area (Å²) in [6.07, 6.45) is 5.33. The molecule has 2 aromatic carbocycles. The maximum atomic E-state index is 13.0. The van der Waals surface area contributed by atoms with Crippen LogP contribution < -0.4 is 5.32 Å². The van der Waals surface area contributed by atoms with Crippen LogP contribution in [0, 0.1) is 0 Å². The van der Waals surface area contributed by atoms with Crippen molar-refractivity contribution in [2.24, 2.45) is 0 Å². The fourth-order valence-corrected chi connectivity index (χ4v) is 5.97. The summed E-state index contributed by atoms with van der Waals surface area (Å²) in [5.41, 5.74) is 4.33. The number of anilines is 1. The average molecular weight is 452 g/mol. The minimum atomic E-state index is -3.39. The Kier molecular flexibility index (Phi) is 4.91. The van der Waals surface area contributed by atoms with E-state index in [0.717, 1.165) is 59.4 Å². The third-order valence-electron chi connectivity index (χ3n) is 5.55. The summed E-state index contributed by atoms with van der Waals surface area (Å²) in [4.78, 5) is 22.6. The Morgan fingerprint density at radius 3 is 2.71 bits per heavy atom. The minimum absolute atomic E-state index is 0.128. The third kappa shape index (κ3) is 3.77. The molecule has 0 saturated carbocycles. The van der Waals surface area contributed by atoms with E-state index in [4.69, 9.17) is 4.98 Å². The molecule has 8 heteroatoms. The molecule has 1 aliphatic rings. The van der Waals surface area contributed by atoms with Gasteiger partial charge in [-0.1, -0.05) is 18.2 Å². The van der Waals surface area contributed by atoms with Crippen molar-refractivity contribution in [3.63, 3.8) is 0 Å². The van der Waals surface area contributed by atoms with Crippen LogP contribution in [0.4, 0.5) is 5.00 Å². The number of fused-ring (bicyclic) bond motifs is 2. The molecule has 0 aliphatic heterocycles. The van der Waals surface area contributed by atoms with Gasteiger partial charge in [0.1, 0.15) is 10.8 Å². The summed E-state index contributed by atoms with van der Waals surface area (Å²) < 4.78 is 23.8. The van der Waals surface area contributed by atoms with Gasteiger partial charge in [0, 0.05) is 16.7 Å². The Morgan fingerprint density at radius 2 is 1.90 bits per heavy atom. The molecule has 158 valence electrons. The van der Waals surface area contributed by atoms with Gasteiger partial charge >= 0.3 is 0 Å². The smallest absolute Gasteiger partial charge is 0.256 e. The van der Waals surface area contributed by atoms with Gasteiger partial charge in [0.05, 0.1) is 21.5 Å². The minimum Gasteiger partial charge on any atom is -0.338 e. The van der Waals surface area contributed by atoms with Crippen molar-refractivity contribution < 1.29 is 13.2 Å². The number of nitrogens with zero attached hydrogens (tertiary/aromatic N) is 1. The van der Waals surface area contributed by atoms with E-state index in [1.165, 1.54) is 22.6 Å². The van der Waals surface area contributed by atoms with E-state index < -0.39 is 9.84 Å². The molecule has 1 aliphatic carbocycles. The Bertz CT molecular complexity index is 1380. The summed E-state index contributed by atoms with van der Waals surface area (Å²) in [6.45, 7) is 0. The largest absolute Gasteiger partial charge is 0.338 e. The zero-order valence-electron chi connectivity index (χ0n) is 16.9. The molecule has 2 N–H and O–H groups in total. The highest BCUT2D eigenvalue weighted by molar-refractivity contribution is 7.90. The summed E-state index contributed by atoms with van der Waals surface area (Å²) >= 11 is 1.59. The molecule has 0 spiro atoms. The number of thiophene rings is 1. The highest BCUT2D eigenvalue weighted by atomic mass is 32.2. The lowest BCUT2D eigenvalue weighted by Gasteiger charge is -2.12. The van der Waals surface area contributed by atoms with Gasteiger partial charge in [-0.25, -0.2) is 13.4 Å². The van der Waals surface area contributed by atoms with E-state index in [-0.39, 0.29) is 10.8 Å². The summed E-state index contributed by atoms with van der Waals surface area (Å²) in [5.74, 6) is 0.419. The van der Waals surface area contributed by atoms with Crippen LogP contribution in [0.1, 0.15) is 33.6 Å². The summed E-state index contributed by atoms with van der Waals surface area (Å²) in [7, 11) is -3.39. The van der Waals surface area contributed by atoms with Crippen molar-refractivity contribution in [3.8, 4) is 11.4 Å². The van der Waals surface area contributed by atoms with Crippen molar-refractivity contribution in [2.45, 2.75) is 30.6 Å². The quantitative estimate of drug-likeness (QED) is 0.465. The number of rotatable bonds is 4. The number of benzene rings is 2. The maximum absolute atomic E-state index is 13.0. The molecule has 31 heavy (non-hydrogen) atoms. The number of aryl methyl sites for hydroxylation is 1. The number of amides is 1. The number of hydrogen-bond donors (Lipinski definition) is 2. The SMILES string of the molecule is CS(=O)(=O)c1cccc(C(=O)Nc2sc3c(c2-c2nc4ccccc4[nH]2)CCCC3)c1. The zero-order valence-corrected chi connectivity index (χ0v) is 18.6. The van der Waals surface area contributed by atoms with E-state index in [9.17, 15) is 13.2 Å². The number of imidazole rings is 1. The molecule has 0 saturated heterocycles. The molecule has 5 rings (SSSR count). The van der Waals surface area contributed by atoms with Crippen LogP contribution >= 0.6 is 11.3 Å². The van der Waals surface area contributed by atoms with Crippen LogP contribution in [0.3, 0.4) is 0 Å². The van der Waals surface area contributed by atoms with Gasteiger partial charge < -0.3 is 10.3 Å². The number of hydrogen-bond acceptors (Lipinski definition) is 5. The number of nitrogens with one attached hydrogen (secondary N) is 2. The first-order chi connectivity index (χ1) is 14.9. The van der Waals surface area contributed by atoms with Gasteiger partial charge in [-0.2, -0.15) is 0 Å². The first kappa shape index (κ1) is 20.0. The van der Waals surface area contributed by atoms with E-state index in [1.807, 2.05) is 24.3 Å². The number of sulfone groups is 1. The fraction of sp³-hybridized carbons (Fsp3) is 0.217. The van der Waals surface area contributed by atoms with Gasteiger partial charge in [-0.3, -0.25) is 4.79 Å². The zero-order chi connectivity index (χ0) is 21.6. The number of carbonyl (C=O) groups is 1. The molecule has 6 nitrogen and oxygen atoms in total. The van der Waals surface area contributed by atoms with E-state index in [2.05, 4.69) is 10.3 Å². The molecule has 0 unspecified atom stereocenters. The molecule has 2 heterocycles. The third-order valence-corrected chi connectivity index (χ3v) is 7.87. The fourth-order valence-electron chi connectivity index (χ4n) is 4.02. The highest BCUT2D eigenvalue weighted by Crippen LogP contribution is 2.43. The van der Waals surface area contributed by atoms with Gasteiger partial charge in [-0.05, 0) is 61.6 Å². The van der Waals surface area contributed by atoms with Crippen LogP contribution in [0.15, 0.2) is 53.4 Å². The van der Waals surface area contributed by atoms with Gasteiger partial charge in [-0.15, -0.1) is 11.3 Å². The van der Waals surface area contributed by atoms with Crippen molar-refractivity contribution in [1.82, 2.24) is 9.97 Å². The van der Waals surface area contributed by atoms with E-state index in [1.54, 1.807) is 23.5 Å². The second-order valence-electron chi connectivity index (χ2n) is 7.77. The number of aromatic nitrogens is 2. The molecular weight excluding hydrogens is 430 g/mol. The topological polar surface area (TPSA) is 91.9 Å². The van der Waals surface area contributed by atoms with Crippen molar-refractivity contribution in [3.05, 3.63) is 64.5 Å².